The lowest BCUT2D eigenvalue weighted by atomic mass is 9.85. The van der Waals surface area contributed by atoms with E-state index in [0.717, 1.165) is 34.3 Å². The van der Waals surface area contributed by atoms with Gasteiger partial charge in [-0.3, -0.25) is 14.4 Å². The predicted molar refractivity (Wildman–Crippen MR) is 130 cm³/mol. The van der Waals surface area contributed by atoms with E-state index in [-0.39, 0.29) is 30.2 Å². The molecule has 3 amide bonds. The van der Waals surface area contributed by atoms with Crippen LogP contribution in [0.5, 0.6) is 5.75 Å². The molecular formula is C26H36N4O4. The zero-order valence-electron chi connectivity index (χ0n) is 20.8. The van der Waals surface area contributed by atoms with E-state index in [1.165, 1.54) is 0 Å². The number of piperazine rings is 1. The minimum Gasteiger partial charge on any atom is -0.497 e. The third kappa shape index (κ3) is 4.26. The fraction of sp³-hybridized carbons (Fsp3) is 0.577. The number of methoxy groups -OCH3 is 1. The Balaban J connectivity index is 1.66. The molecule has 3 atom stereocenters. The van der Waals surface area contributed by atoms with Crippen molar-refractivity contribution in [2.24, 2.45) is 5.92 Å². The highest BCUT2D eigenvalue weighted by Crippen LogP contribution is 2.42. The topological polar surface area (TPSA) is 94.7 Å². The molecule has 1 aromatic carbocycles. The number of aromatic amines is 1. The van der Waals surface area contributed by atoms with Crippen LogP contribution in [-0.4, -0.2) is 64.8 Å². The SMILES string of the molecule is CCN(CC)C(=O)CC[C@@H]1NC(=O)[C@@H]2Cc3c([nH]c4cc(OC)ccc34)[C@H](CC(C)C)N2C1=O. The van der Waals surface area contributed by atoms with E-state index in [1.807, 2.05) is 32.0 Å². The van der Waals surface area contributed by atoms with Crippen LogP contribution in [-0.2, 0) is 20.8 Å². The first kappa shape index (κ1) is 24.1. The number of fused-ring (bicyclic) bond motifs is 4. The van der Waals surface area contributed by atoms with Crippen LogP contribution in [0.1, 0.15) is 64.3 Å². The van der Waals surface area contributed by atoms with Crippen LogP contribution in [0.15, 0.2) is 18.2 Å². The summed E-state index contributed by atoms with van der Waals surface area (Å²) in [6.45, 7) is 9.42. The number of rotatable bonds is 8. The molecule has 3 heterocycles. The van der Waals surface area contributed by atoms with Crippen molar-refractivity contribution in [2.45, 2.75) is 71.5 Å². The Morgan fingerprint density at radius 3 is 2.62 bits per heavy atom. The molecule has 8 nitrogen and oxygen atoms in total. The number of hydrogen-bond acceptors (Lipinski definition) is 4. The maximum atomic E-state index is 13.7. The standard InChI is InChI=1S/C26H36N4O4/c1-6-29(7-2)23(31)11-10-19-26(33)30-21(12-15(3)4)24-18(14-22(30)25(32)28-19)17-9-8-16(34-5)13-20(17)27-24/h8-9,13,15,19,21-22,27H,6-7,10-12,14H2,1-5H3,(H,28,32)/t19-,21-,22-/m0/s1. The summed E-state index contributed by atoms with van der Waals surface area (Å²) >= 11 is 0. The molecule has 1 aromatic heterocycles. The molecule has 1 fully saturated rings. The molecule has 2 aliphatic heterocycles. The minimum atomic E-state index is -0.677. The molecule has 0 unspecified atom stereocenters. The maximum Gasteiger partial charge on any atom is 0.246 e. The number of nitrogens with zero attached hydrogens (tertiary/aromatic N) is 2. The van der Waals surface area contributed by atoms with Gasteiger partial charge in [0.05, 0.1) is 13.2 Å². The number of nitrogens with one attached hydrogen (secondary N) is 2. The van der Waals surface area contributed by atoms with Crippen LogP contribution >= 0.6 is 0 Å². The average molecular weight is 469 g/mol. The van der Waals surface area contributed by atoms with Gasteiger partial charge >= 0.3 is 0 Å². The molecule has 184 valence electrons. The van der Waals surface area contributed by atoms with Crippen molar-refractivity contribution in [3.05, 3.63) is 29.5 Å². The van der Waals surface area contributed by atoms with Crippen molar-refractivity contribution in [1.82, 2.24) is 20.1 Å². The van der Waals surface area contributed by atoms with Gasteiger partial charge in [-0.15, -0.1) is 0 Å². The highest BCUT2D eigenvalue weighted by atomic mass is 16.5. The first-order valence-electron chi connectivity index (χ1n) is 12.4. The summed E-state index contributed by atoms with van der Waals surface area (Å²) in [4.78, 5) is 46.5. The van der Waals surface area contributed by atoms with Crippen LogP contribution in [0.3, 0.4) is 0 Å². The summed E-state index contributed by atoms with van der Waals surface area (Å²) in [6, 6.07) is 4.48. The van der Waals surface area contributed by atoms with Crippen LogP contribution in [0.4, 0.5) is 0 Å². The van der Waals surface area contributed by atoms with Gasteiger partial charge in [-0.2, -0.15) is 0 Å². The third-order valence-electron chi connectivity index (χ3n) is 7.18. The van der Waals surface area contributed by atoms with Gasteiger partial charge in [0.1, 0.15) is 17.8 Å². The zero-order valence-corrected chi connectivity index (χ0v) is 20.8. The molecule has 34 heavy (non-hydrogen) atoms. The highest BCUT2D eigenvalue weighted by molar-refractivity contribution is 5.99. The van der Waals surface area contributed by atoms with Gasteiger partial charge in [0, 0.05) is 48.6 Å². The number of benzene rings is 1. The summed E-state index contributed by atoms with van der Waals surface area (Å²) in [6.07, 6.45) is 1.77. The number of ether oxygens (including phenoxy) is 1. The summed E-state index contributed by atoms with van der Waals surface area (Å²) in [5.74, 6) is 0.874. The van der Waals surface area contributed by atoms with Gasteiger partial charge < -0.3 is 24.8 Å². The molecule has 2 aliphatic rings. The van der Waals surface area contributed by atoms with Gasteiger partial charge in [0.25, 0.3) is 0 Å². The Morgan fingerprint density at radius 1 is 1.24 bits per heavy atom. The fourth-order valence-electron chi connectivity index (χ4n) is 5.45. The summed E-state index contributed by atoms with van der Waals surface area (Å²) in [5, 5.41) is 3.99. The summed E-state index contributed by atoms with van der Waals surface area (Å²) in [7, 11) is 1.64. The lowest BCUT2D eigenvalue weighted by molar-refractivity contribution is -0.154. The second-order valence-corrected chi connectivity index (χ2v) is 9.71. The van der Waals surface area contributed by atoms with Crippen molar-refractivity contribution in [1.29, 1.82) is 0 Å². The third-order valence-corrected chi connectivity index (χ3v) is 7.18. The smallest absolute Gasteiger partial charge is 0.246 e. The van der Waals surface area contributed by atoms with Crippen molar-refractivity contribution in [3.8, 4) is 5.75 Å². The maximum absolute atomic E-state index is 13.7. The molecule has 0 aliphatic carbocycles. The molecule has 8 heteroatoms. The summed E-state index contributed by atoms with van der Waals surface area (Å²) in [5.41, 5.74) is 3.06. The number of H-pyrrole nitrogens is 1. The second kappa shape index (κ2) is 9.68. The molecule has 1 saturated heterocycles. The predicted octanol–water partition coefficient (Wildman–Crippen LogP) is 3.16. The van der Waals surface area contributed by atoms with E-state index in [9.17, 15) is 14.4 Å². The first-order chi connectivity index (χ1) is 16.3. The van der Waals surface area contributed by atoms with E-state index in [1.54, 1.807) is 16.9 Å². The number of amides is 3. The molecule has 0 spiro atoms. The normalized spacial score (nSPS) is 21.9. The van der Waals surface area contributed by atoms with Gasteiger partial charge in [-0.25, -0.2) is 0 Å². The Kier molecular flexibility index (Phi) is 6.86. The van der Waals surface area contributed by atoms with E-state index in [0.29, 0.717) is 31.8 Å². The van der Waals surface area contributed by atoms with Gasteiger partial charge in [-0.1, -0.05) is 13.8 Å². The van der Waals surface area contributed by atoms with Crippen LogP contribution in [0.2, 0.25) is 0 Å². The van der Waals surface area contributed by atoms with E-state index >= 15 is 0 Å². The lowest BCUT2D eigenvalue weighted by Gasteiger charge is -2.46. The quantitative estimate of drug-likeness (QED) is 0.622. The molecule has 0 bridgehead atoms. The fourth-order valence-corrected chi connectivity index (χ4v) is 5.45. The van der Waals surface area contributed by atoms with Crippen molar-refractivity contribution >= 4 is 28.6 Å². The van der Waals surface area contributed by atoms with Crippen LogP contribution < -0.4 is 10.1 Å². The lowest BCUT2D eigenvalue weighted by Crippen LogP contribution is -2.66. The number of hydrogen-bond donors (Lipinski definition) is 2. The largest absolute Gasteiger partial charge is 0.497 e. The van der Waals surface area contributed by atoms with Gasteiger partial charge in [-0.05, 0) is 50.3 Å². The molecule has 0 radical (unpaired) electrons. The Hall–Kier alpha value is -3.03. The van der Waals surface area contributed by atoms with Crippen LogP contribution in [0, 0.1) is 5.92 Å². The number of aromatic nitrogens is 1. The molecule has 2 aromatic rings. The number of carbonyl (C=O) groups excluding carboxylic acids is 3. The highest BCUT2D eigenvalue weighted by Gasteiger charge is 2.48. The van der Waals surface area contributed by atoms with E-state index in [4.69, 9.17) is 4.74 Å². The van der Waals surface area contributed by atoms with E-state index in [2.05, 4.69) is 24.1 Å². The van der Waals surface area contributed by atoms with E-state index < -0.39 is 12.1 Å². The van der Waals surface area contributed by atoms with Gasteiger partial charge in [0.2, 0.25) is 17.7 Å². The average Bonchev–Trinajstić information content (AvgIpc) is 3.18. The Morgan fingerprint density at radius 2 is 1.97 bits per heavy atom. The molecule has 0 saturated carbocycles. The van der Waals surface area contributed by atoms with Crippen molar-refractivity contribution in [2.75, 3.05) is 20.2 Å². The van der Waals surface area contributed by atoms with Crippen molar-refractivity contribution < 1.29 is 19.1 Å². The Labute approximate surface area is 201 Å². The van der Waals surface area contributed by atoms with Gasteiger partial charge in [0.15, 0.2) is 0 Å². The van der Waals surface area contributed by atoms with Crippen LogP contribution in [0.25, 0.3) is 10.9 Å². The summed E-state index contributed by atoms with van der Waals surface area (Å²) < 4.78 is 5.39. The monoisotopic (exact) mass is 468 g/mol. The first-order valence-corrected chi connectivity index (χ1v) is 12.4. The molecular weight excluding hydrogens is 432 g/mol. The zero-order chi connectivity index (χ0) is 24.6. The molecule has 2 N–H and O–H groups in total. The Bertz CT molecular complexity index is 1090. The van der Waals surface area contributed by atoms with Crippen molar-refractivity contribution in [3.63, 3.8) is 0 Å². The minimum absolute atomic E-state index is 0.0124. The molecule has 4 rings (SSSR count). The second-order valence-electron chi connectivity index (χ2n) is 9.71. The number of carbonyl (C=O) groups is 3.